The Morgan fingerprint density at radius 1 is 0.321 bits per heavy atom. The molecule has 0 aliphatic heterocycles. The van der Waals surface area contributed by atoms with Crippen LogP contribution < -0.4 is 4.90 Å². The summed E-state index contributed by atoms with van der Waals surface area (Å²) in [5, 5.41) is 8.69. The van der Waals surface area contributed by atoms with Gasteiger partial charge < -0.3 is 9.30 Å². The maximum Gasteiger partial charge on any atom is 0.0620 e. The van der Waals surface area contributed by atoms with Crippen molar-refractivity contribution in [3.05, 3.63) is 219 Å². The second-order valence-corrected chi connectivity index (χ2v) is 14.5. The first-order chi connectivity index (χ1) is 27.8. The van der Waals surface area contributed by atoms with Crippen LogP contribution in [0, 0.1) is 0 Å². The van der Waals surface area contributed by atoms with Gasteiger partial charge in [0.2, 0.25) is 0 Å². The van der Waals surface area contributed by atoms with E-state index < -0.39 is 0 Å². The van der Waals surface area contributed by atoms with Crippen molar-refractivity contribution in [2.75, 3.05) is 4.90 Å². The summed E-state index contributed by atoms with van der Waals surface area (Å²) in [6.07, 6.45) is 2.22. The van der Waals surface area contributed by atoms with Crippen molar-refractivity contribution < 1.29 is 0 Å². The Balaban J connectivity index is 1.11. The molecule has 2 aromatic heterocycles. The molecule has 0 bridgehead atoms. The van der Waals surface area contributed by atoms with Crippen molar-refractivity contribution in [1.29, 1.82) is 0 Å². The quantitative estimate of drug-likeness (QED) is 0.167. The summed E-state index contributed by atoms with van der Waals surface area (Å²) in [5.41, 5.74) is 13.1. The van der Waals surface area contributed by atoms with Crippen molar-refractivity contribution in [3.8, 4) is 33.4 Å². The number of pyridine rings is 1. The largest absolute Gasteiger partial charge is 0.315 e. The topological polar surface area (TPSA) is 7.65 Å². The minimum absolute atomic E-state index is 1.10. The van der Waals surface area contributed by atoms with Crippen LogP contribution in [-0.2, 0) is 0 Å². The van der Waals surface area contributed by atoms with Crippen LogP contribution in [-0.4, -0.2) is 4.40 Å². The lowest BCUT2D eigenvalue weighted by Gasteiger charge is -2.26. The third-order valence-corrected chi connectivity index (χ3v) is 11.4. The summed E-state index contributed by atoms with van der Waals surface area (Å²) in [6, 6.07) is 77.3. The van der Waals surface area contributed by atoms with Gasteiger partial charge in [0.25, 0.3) is 0 Å². The monoisotopic (exact) mass is 712 g/mol. The molecular weight excluding hydrogens is 677 g/mol. The third-order valence-electron chi connectivity index (χ3n) is 11.4. The van der Waals surface area contributed by atoms with Crippen LogP contribution in [0.2, 0.25) is 0 Å². The first-order valence-electron chi connectivity index (χ1n) is 19.3. The van der Waals surface area contributed by atoms with Gasteiger partial charge in [0.1, 0.15) is 0 Å². The molecule has 11 aromatic rings. The zero-order valence-corrected chi connectivity index (χ0v) is 30.7. The van der Waals surface area contributed by atoms with Crippen molar-refractivity contribution in [1.82, 2.24) is 4.40 Å². The first kappa shape index (κ1) is 32.0. The lowest BCUT2D eigenvalue weighted by atomic mass is 9.97. The van der Waals surface area contributed by atoms with Crippen LogP contribution in [0.5, 0.6) is 0 Å². The number of hydrogen-bond acceptors (Lipinski definition) is 1. The number of aromatic nitrogens is 1. The summed E-state index contributed by atoms with van der Waals surface area (Å²) in [5.74, 6) is 0. The molecule has 56 heavy (non-hydrogen) atoms. The predicted molar refractivity (Wildman–Crippen MR) is 238 cm³/mol. The van der Waals surface area contributed by atoms with E-state index in [2.05, 4.69) is 228 Å². The fraction of sp³-hybridized carbons (Fsp3) is 0. The van der Waals surface area contributed by atoms with Gasteiger partial charge in [-0.3, -0.25) is 0 Å². The minimum Gasteiger partial charge on any atom is -0.315 e. The van der Waals surface area contributed by atoms with Crippen molar-refractivity contribution in [3.63, 3.8) is 0 Å². The lowest BCUT2D eigenvalue weighted by molar-refractivity contribution is 1.26. The Labute approximate surface area is 325 Å². The van der Waals surface area contributed by atoms with Crippen molar-refractivity contribution >= 4 is 65.8 Å². The Hall–Kier alpha value is -7.42. The van der Waals surface area contributed by atoms with E-state index in [0.29, 0.717) is 0 Å². The summed E-state index contributed by atoms with van der Waals surface area (Å²) < 4.78 is 2.37. The highest BCUT2D eigenvalue weighted by molar-refractivity contribution is 6.15. The smallest absolute Gasteiger partial charge is 0.0620 e. The van der Waals surface area contributed by atoms with Crippen molar-refractivity contribution in [2.45, 2.75) is 0 Å². The highest BCUT2D eigenvalue weighted by Crippen LogP contribution is 2.43. The normalized spacial score (nSPS) is 11.6. The summed E-state index contributed by atoms with van der Waals surface area (Å²) in [7, 11) is 0. The molecule has 0 aliphatic carbocycles. The molecule has 0 radical (unpaired) electrons. The zero-order chi connectivity index (χ0) is 37.0. The average Bonchev–Trinajstić information content (AvgIpc) is 3.62. The minimum atomic E-state index is 1.10. The summed E-state index contributed by atoms with van der Waals surface area (Å²) in [4.78, 5) is 2.40. The van der Waals surface area contributed by atoms with Gasteiger partial charge in [-0.05, 0) is 103 Å². The number of hydrogen-bond donors (Lipinski definition) is 0. The van der Waals surface area contributed by atoms with Gasteiger partial charge in [-0.2, -0.15) is 0 Å². The highest BCUT2D eigenvalue weighted by Gasteiger charge is 2.19. The predicted octanol–water partition coefficient (Wildman–Crippen LogP) is 15.0. The number of anilines is 3. The van der Waals surface area contributed by atoms with E-state index in [9.17, 15) is 0 Å². The molecule has 2 nitrogen and oxygen atoms in total. The molecule has 2 heteroatoms. The molecule has 0 atom stereocenters. The lowest BCUT2D eigenvalue weighted by Crippen LogP contribution is -2.10. The number of fused-ring (bicyclic) bond motifs is 7. The molecule has 262 valence electrons. The molecule has 11 rings (SSSR count). The summed E-state index contributed by atoms with van der Waals surface area (Å²) in [6.45, 7) is 0. The third kappa shape index (κ3) is 5.26. The average molecular weight is 713 g/mol. The van der Waals surface area contributed by atoms with Crippen LogP contribution in [0.25, 0.3) is 82.1 Å². The number of para-hydroxylation sites is 1. The van der Waals surface area contributed by atoms with Gasteiger partial charge in [0, 0.05) is 39.6 Å². The molecule has 0 unspecified atom stereocenters. The van der Waals surface area contributed by atoms with E-state index in [1.807, 2.05) is 0 Å². The maximum atomic E-state index is 2.40. The molecule has 0 saturated heterocycles. The Morgan fingerprint density at radius 2 is 0.821 bits per heavy atom. The number of nitrogens with zero attached hydrogens (tertiary/aromatic N) is 2. The molecule has 9 aromatic carbocycles. The SMILES string of the molecule is c1ccc(-c2c3ccccc3n3ccc4ccc(N(c5ccc(-c6cccc7ccccc67)cc5)c5ccc(-c6cccc7ccccc67)cc5)cc4c23)cc1. The zero-order valence-electron chi connectivity index (χ0n) is 30.7. The van der Waals surface area contributed by atoms with Gasteiger partial charge in [-0.25, -0.2) is 0 Å². The van der Waals surface area contributed by atoms with Gasteiger partial charge in [0.15, 0.2) is 0 Å². The second kappa shape index (κ2) is 13.2. The first-order valence-corrected chi connectivity index (χ1v) is 19.3. The Morgan fingerprint density at radius 3 is 1.45 bits per heavy atom. The van der Waals surface area contributed by atoms with Gasteiger partial charge in [-0.15, -0.1) is 0 Å². The fourth-order valence-electron chi connectivity index (χ4n) is 8.75. The van der Waals surface area contributed by atoms with Crippen LogP contribution in [0.4, 0.5) is 17.1 Å². The molecule has 0 amide bonds. The van der Waals surface area contributed by atoms with E-state index in [0.717, 1.165) is 17.1 Å². The van der Waals surface area contributed by atoms with Crippen LogP contribution in [0.1, 0.15) is 0 Å². The van der Waals surface area contributed by atoms with E-state index >= 15 is 0 Å². The van der Waals surface area contributed by atoms with Gasteiger partial charge in [0.05, 0.1) is 11.0 Å². The maximum absolute atomic E-state index is 2.40. The highest BCUT2D eigenvalue weighted by atomic mass is 15.1. The fourth-order valence-corrected chi connectivity index (χ4v) is 8.75. The van der Waals surface area contributed by atoms with Crippen LogP contribution >= 0.6 is 0 Å². The van der Waals surface area contributed by atoms with E-state index in [4.69, 9.17) is 0 Å². The van der Waals surface area contributed by atoms with E-state index in [1.165, 1.54) is 82.1 Å². The molecular formula is C54H36N2. The second-order valence-electron chi connectivity index (χ2n) is 14.5. The van der Waals surface area contributed by atoms with E-state index in [1.54, 1.807) is 0 Å². The standard InChI is InChI=1S/C54H36N2/c1-2-14-42(15-3-1)53-50-20-8-9-23-52(50)55-35-34-41-28-33-45(36-51(41)54(53)55)56(43-29-24-39(25-30-43)48-21-10-16-37-12-4-6-18-46(37)48)44-31-26-40(27-32-44)49-22-11-17-38-13-5-7-19-47(38)49/h1-36H. The number of rotatable bonds is 6. The van der Waals surface area contributed by atoms with Crippen LogP contribution in [0.15, 0.2) is 219 Å². The molecule has 0 N–H and O–H groups in total. The van der Waals surface area contributed by atoms with E-state index in [-0.39, 0.29) is 0 Å². The van der Waals surface area contributed by atoms with Gasteiger partial charge >= 0.3 is 0 Å². The molecule has 0 aliphatic rings. The van der Waals surface area contributed by atoms with Gasteiger partial charge in [-0.1, -0.05) is 164 Å². The Kier molecular flexibility index (Phi) is 7.53. The molecule has 0 saturated carbocycles. The van der Waals surface area contributed by atoms with Crippen molar-refractivity contribution in [2.24, 2.45) is 0 Å². The Bertz CT molecular complexity index is 3100. The molecule has 2 heterocycles. The molecule has 0 spiro atoms. The van der Waals surface area contributed by atoms with Crippen LogP contribution in [0.3, 0.4) is 0 Å². The number of benzene rings is 9. The summed E-state index contributed by atoms with van der Waals surface area (Å²) >= 11 is 0. The molecule has 0 fully saturated rings.